The topological polar surface area (TPSA) is 49.1 Å². The van der Waals surface area contributed by atoms with Crippen molar-refractivity contribution in [3.8, 4) is 11.8 Å². The molecule has 0 aliphatic heterocycles. The maximum absolute atomic E-state index is 9.09. The van der Waals surface area contributed by atoms with Crippen LogP contribution in [0.4, 0.5) is 11.4 Å². The Kier molecular flexibility index (Phi) is 3.44. The van der Waals surface area contributed by atoms with Crippen molar-refractivity contribution < 1.29 is 4.74 Å². The van der Waals surface area contributed by atoms with Crippen LogP contribution < -0.4 is 9.64 Å². The molecule has 4 heteroatoms. The van der Waals surface area contributed by atoms with E-state index in [1.165, 1.54) is 0 Å². The van der Waals surface area contributed by atoms with Gasteiger partial charge in [-0.3, -0.25) is 4.98 Å². The Labute approximate surface area is 106 Å². The van der Waals surface area contributed by atoms with Gasteiger partial charge in [-0.1, -0.05) is 6.07 Å². The van der Waals surface area contributed by atoms with Crippen molar-refractivity contribution in [2.24, 2.45) is 0 Å². The first-order chi connectivity index (χ1) is 8.76. The Morgan fingerprint density at radius 1 is 1.33 bits per heavy atom. The first-order valence-corrected chi connectivity index (χ1v) is 5.48. The van der Waals surface area contributed by atoms with Crippen molar-refractivity contribution in [2.75, 3.05) is 19.1 Å². The largest absolute Gasteiger partial charge is 0.497 e. The predicted molar refractivity (Wildman–Crippen MR) is 70.0 cm³/mol. The fourth-order valence-electron chi connectivity index (χ4n) is 1.71. The number of ether oxygens (including phenoxy) is 1. The third-order valence-corrected chi connectivity index (χ3v) is 2.72. The van der Waals surface area contributed by atoms with Gasteiger partial charge in [0.25, 0.3) is 0 Å². The van der Waals surface area contributed by atoms with E-state index in [0.29, 0.717) is 5.56 Å². The second-order valence-corrected chi connectivity index (χ2v) is 3.77. The van der Waals surface area contributed by atoms with Crippen LogP contribution in [0.2, 0.25) is 0 Å². The molecule has 0 amide bonds. The molecule has 0 aliphatic carbocycles. The van der Waals surface area contributed by atoms with Crippen LogP contribution in [0.25, 0.3) is 0 Å². The van der Waals surface area contributed by atoms with Crippen molar-refractivity contribution in [3.63, 3.8) is 0 Å². The van der Waals surface area contributed by atoms with Gasteiger partial charge in [0.2, 0.25) is 0 Å². The Hall–Kier alpha value is -2.54. The Balaban J connectivity index is 2.41. The molecule has 1 aromatic heterocycles. The summed E-state index contributed by atoms with van der Waals surface area (Å²) in [5.41, 5.74) is 2.31. The molecule has 2 rings (SSSR count). The number of nitriles is 1. The molecule has 0 radical (unpaired) electrons. The predicted octanol–water partition coefficient (Wildman–Crippen LogP) is 2.73. The first-order valence-electron chi connectivity index (χ1n) is 5.48. The maximum Gasteiger partial charge on any atom is 0.120 e. The number of anilines is 2. The zero-order valence-electron chi connectivity index (χ0n) is 10.3. The number of benzene rings is 1. The van der Waals surface area contributed by atoms with E-state index in [1.54, 1.807) is 25.6 Å². The maximum atomic E-state index is 9.09. The third kappa shape index (κ3) is 2.25. The highest BCUT2D eigenvalue weighted by Crippen LogP contribution is 2.28. The zero-order valence-corrected chi connectivity index (χ0v) is 10.3. The minimum Gasteiger partial charge on any atom is -0.497 e. The molecule has 1 aromatic carbocycles. The molecule has 18 heavy (non-hydrogen) atoms. The molecule has 1 heterocycles. The average Bonchev–Trinajstić information content (AvgIpc) is 2.46. The number of hydrogen-bond donors (Lipinski definition) is 0. The van der Waals surface area contributed by atoms with Gasteiger partial charge < -0.3 is 9.64 Å². The van der Waals surface area contributed by atoms with Crippen LogP contribution in [-0.2, 0) is 0 Å². The molecule has 0 saturated carbocycles. The van der Waals surface area contributed by atoms with E-state index in [9.17, 15) is 0 Å². The van der Waals surface area contributed by atoms with Crippen molar-refractivity contribution in [3.05, 3.63) is 48.3 Å². The summed E-state index contributed by atoms with van der Waals surface area (Å²) in [5.74, 6) is 0.779. The molecule has 0 unspecified atom stereocenters. The number of methoxy groups -OCH3 is 1. The summed E-state index contributed by atoms with van der Waals surface area (Å²) in [7, 11) is 3.52. The van der Waals surface area contributed by atoms with Crippen LogP contribution in [0.5, 0.6) is 5.75 Å². The number of aromatic nitrogens is 1. The van der Waals surface area contributed by atoms with Gasteiger partial charge >= 0.3 is 0 Å². The highest BCUT2D eigenvalue weighted by Gasteiger charge is 2.09. The summed E-state index contributed by atoms with van der Waals surface area (Å²) in [5, 5.41) is 9.09. The monoisotopic (exact) mass is 239 g/mol. The quantitative estimate of drug-likeness (QED) is 0.826. The van der Waals surface area contributed by atoms with E-state index in [4.69, 9.17) is 10.00 Å². The van der Waals surface area contributed by atoms with Gasteiger partial charge in [0, 0.05) is 25.0 Å². The van der Waals surface area contributed by atoms with E-state index in [-0.39, 0.29) is 0 Å². The van der Waals surface area contributed by atoms with Crippen molar-refractivity contribution in [1.82, 2.24) is 4.98 Å². The van der Waals surface area contributed by atoms with E-state index in [0.717, 1.165) is 17.1 Å². The Morgan fingerprint density at radius 2 is 2.17 bits per heavy atom. The van der Waals surface area contributed by atoms with Gasteiger partial charge in [-0.15, -0.1) is 0 Å². The number of hydrogen-bond acceptors (Lipinski definition) is 4. The minimum absolute atomic E-state index is 0.593. The summed E-state index contributed by atoms with van der Waals surface area (Å²) in [6.45, 7) is 0. The van der Waals surface area contributed by atoms with Gasteiger partial charge in [-0.05, 0) is 18.2 Å². The standard InChI is InChI=1S/C14H13N3O/c1-17(12-4-3-5-13(8-12)18-2)14-10-16-7-6-11(14)9-15/h3-8,10H,1-2H3. The lowest BCUT2D eigenvalue weighted by Gasteiger charge is -2.20. The van der Waals surface area contributed by atoms with Gasteiger partial charge in [-0.2, -0.15) is 5.26 Å². The van der Waals surface area contributed by atoms with Crippen LogP contribution >= 0.6 is 0 Å². The molecule has 0 bridgehead atoms. The molecular formula is C14H13N3O. The van der Waals surface area contributed by atoms with E-state index < -0.39 is 0 Å². The van der Waals surface area contributed by atoms with Gasteiger partial charge in [-0.25, -0.2) is 0 Å². The fourth-order valence-corrected chi connectivity index (χ4v) is 1.71. The Morgan fingerprint density at radius 3 is 2.89 bits per heavy atom. The molecule has 90 valence electrons. The molecule has 0 aliphatic rings. The van der Waals surface area contributed by atoms with Crippen molar-refractivity contribution >= 4 is 11.4 Å². The highest BCUT2D eigenvalue weighted by atomic mass is 16.5. The molecule has 0 saturated heterocycles. The molecule has 0 atom stereocenters. The third-order valence-electron chi connectivity index (χ3n) is 2.72. The summed E-state index contributed by atoms with van der Waals surface area (Å²) in [6.07, 6.45) is 3.29. The van der Waals surface area contributed by atoms with Crippen molar-refractivity contribution in [2.45, 2.75) is 0 Å². The summed E-state index contributed by atoms with van der Waals surface area (Å²) in [6, 6.07) is 11.5. The number of nitrogens with zero attached hydrogens (tertiary/aromatic N) is 3. The van der Waals surface area contributed by atoms with Gasteiger partial charge in [0.1, 0.15) is 11.8 Å². The molecule has 4 nitrogen and oxygen atoms in total. The molecule has 0 N–H and O–H groups in total. The molecule has 2 aromatic rings. The second kappa shape index (κ2) is 5.19. The minimum atomic E-state index is 0.593. The summed E-state index contributed by atoms with van der Waals surface area (Å²) >= 11 is 0. The lowest BCUT2D eigenvalue weighted by Crippen LogP contribution is -2.11. The molecule has 0 spiro atoms. The Bertz CT molecular complexity index is 590. The van der Waals surface area contributed by atoms with E-state index >= 15 is 0 Å². The SMILES string of the molecule is COc1cccc(N(C)c2cnccc2C#N)c1. The van der Waals surface area contributed by atoms with Crippen LogP contribution in [0, 0.1) is 11.3 Å². The number of rotatable bonds is 3. The van der Waals surface area contributed by atoms with Gasteiger partial charge in [0.15, 0.2) is 0 Å². The lowest BCUT2D eigenvalue weighted by molar-refractivity contribution is 0.415. The van der Waals surface area contributed by atoms with Crippen LogP contribution in [-0.4, -0.2) is 19.1 Å². The normalized spacial score (nSPS) is 9.61. The molecule has 0 fully saturated rings. The lowest BCUT2D eigenvalue weighted by atomic mass is 10.2. The van der Waals surface area contributed by atoms with Crippen LogP contribution in [0.1, 0.15) is 5.56 Å². The summed E-state index contributed by atoms with van der Waals surface area (Å²) < 4.78 is 5.19. The van der Waals surface area contributed by atoms with Gasteiger partial charge in [0.05, 0.1) is 24.6 Å². The molecular weight excluding hydrogens is 226 g/mol. The smallest absolute Gasteiger partial charge is 0.120 e. The fraction of sp³-hybridized carbons (Fsp3) is 0.143. The zero-order chi connectivity index (χ0) is 13.0. The van der Waals surface area contributed by atoms with Crippen LogP contribution in [0.15, 0.2) is 42.7 Å². The van der Waals surface area contributed by atoms with E-state index in [1.807, 2.05) is 36.2 Å². The number of pyridine rings is 1. The van der Waals surface area contributed by atoms with E-state index in [2.05, 4.69) is 11.1 Å². The average molecular weight is 239 g/mol. The highest BCUT2D eigenvalue weighted by molar-refractivity contribution is 5.68. The second-order valence-electron chi connectivity index (χ2n) is 3.77. The van der Waals surface area contributed by atoms with Crippen molar-refractivity contribution in [1.29, 1.82) is 5.26 Å². The summed E-state index contributed by atoms with van der Waals surface area (Å²) in [4.78, 5) is 5.97. The van der Waals surface area contributed by atoms with Crippen LogP contribution in [0.3, 0.4) is 0 Å². The first kappa shape index (κ1) is 11.9.